The number of fused-ring (bicyclic) bond motifs is 2. The van der Waals surface area contributed by atoms with Crippen LogP contribution < -0.4 is 35.2 Å². The number of benzene rings is 2. The maximum absolute atomic E-state index is 9.71. The number of aliphatic hydroxyl groups excluding tert-OH is 1. The second-order valence-corrected chi connectivity index (χ2v) is 10.9. The van der Waals surface area contributed by atoms with Gasteiger partial charge in [-0.3, -0.25) is 0 Å². The summed E-state index contributed by atoms with van der Waals surface area (Å²) in [5, 5.41) is 17.8. The summed E-state index contributed by atoms with van der Waals surface area (Å²) >= 11 is 0. The van der Waals surface area contributed by atoms with E-state index in [9.17, 15) is 5.11 Å². The van der Waals surface area contributed by atoms with Crippen molar-refractivity contribution < 1.29 is 56.1 Å². The summed E-state index contributed by atoms with van der Waals surface area (Å²) < 4.78 is 0. The van der Waals surface area contributed by atoms with Crippen LogP contribution >= 0.6 is 0 Å². The summed E-state index contributed by atoms with van der Waals surface area (Å²) in [5.74, 6) is 0. The first-order valence-corrected chi connectivity index (χ1v) is 10.8. The second kappa shape index (κ2) is 9.48. The summed E-state index contributed by atoms with van der Waals surface area (Å²) in [4.78, 5) is 0. The zero-order valence-electron chi connectivity index (χ0n) is 14.5. The predicted molar refractivity (Wildman–Crippen MR) is 102 cm³/mol. The Kier molecular flexibility index (Phi) is 8.51. The van der Waals surface area contributed by atoms with E-state index in [2.05, 4.69) is 79.3 Å². The Bertz CT molecular complexity index is 836. The van der Waals surface area contributed by atoms with Crippen LogP contribution in [0.5, 0.6) is 0 Å². The second-order valence-electron chi connectivity index (χ2n) is 6.55. The molecule has 1 nitrogen and oxygen atoms in total. The first kappa shape index (κ1) is 23.3. The van der Waals surface area contributed by atoms with Crippen molar-refractivity contribution in [3.8, 4) is 0 Å². The molecule has 4 rings (SSSR count). The van der Waals surface area contributed by atoms with Crippen molar-refractivity contribution in [2.75, 3.05) is 6.61 Å². The van der Waals surface area contributed by atoms with Gasteiger partial charge in [-0.1, -0.05) is 18.7 Å². The van der Waals surface area contributed by atoms with E-state index in [1.807, 2.05) is 0 Å². The molecule has 0 spiro atoms. The molecule has 0 aliphatic rings. The molecule has 4 aromatic rings. The number of rotatable bonds is 4. The normalized spacial score (nSPS) is 10.8. The average molecular weight is 479 g/mol. The third-order valence-corrected chi connectivity index (χ3v) is 9.47. The molecule has 0 unspecified atom stereocenters. The van der Waals surface area contributed by atoms with E-state index in [0.29, 0.717) is 0 Å². The largest absolute Gasteiger partial charge is 4.00 e. The molecule has 26 heavy (non-hydrogen) atoms. The van der Waals surface area contributed by atoms with Crippen molar-refractivity contribution in [1.82, 2.24) is 0 Å². The Balaban J connectivity index is 0.00000113. The van der Waals surface area contributed by atoms with E-state index in [0.717, 1.165) is 6.04 Å². The van der Waals surface area contributed by atoms with Crippen molar-refractivity contribution in [2.24, 2.45) is 0 Å². The van der Waals surface area contributed by atoms with Crippen molar-refractivity contribution in [1.29, 1.82) is 0 Å². The van der Waals surface area contributed by atoms with Crippen LogP contribution in [0.3, 0.4) is 0 Å². The van der Waals surface area contributed by atoms with E-state index in [-0.39, 0.29) is 57.6 Å². The van der Waals surface area contributed by atoms with Gasteiger partial charge in [0.05, 0.1) is 8.07 Å². The van der Waals surface area contributed by atoms with Crippen LogP contribution in [0.1, 0.15) is 0 Å². The summed E-state index contributed by atoms with van der Waals surface area (Å²) in [6, 6.07) is 27.2. The molecule has 0 aliphatic heterocycles. The average Bonchev–Trinajstić information content (AvgIpc) is 3.19. The number of halogens is 2. The Hall–Kier alpha value is -0.700. The molecule has 0 heterocycles. The summed E-state index contributed by atoms with van der Waals surface area (Å²) in [6.07, 6.45) is 0. The van der Waals surface area contributed by atoms with Gasteiger partial charge in [0.15, 0.2) is 0 Å². The van der Waals surface area contributed by atoms with Crippen LogP contribution in [0.25, 0.3) is 21.5 Å². The Morgan fingerprint density at radius 1 is 0.808 bits per heavy atom. The van der Waals surface area contributed by atoms with Gasteiger partial charge in [0.2, 0.25) is 0 Å². The van der Waals surface area contributed by atoms with Gasteiger partial charge in [-0.05, 0) is 6.04 Å². The molecule has 0 saturated carbocycles. The first-order valence-electron chi connectivity index (χ1n) is 8.13. The maximum atomic E-state index is 9.71. The van der Waals surface area contributed by atoms with E-state index in [1.165, 1.54) is 31.9 Å². The topological polar surface area (TPSA) is 20.2 Å². The van der Waals surface area contributed by atoms with Crippen molar-refractivity contribution in [3.63, 3.8) is 0 Å². The van der Waals surface area contributed by atoms with Crippen LogP contribution in [0, 0.1) is 0 Å². The molecule has 4 aromatic carbocycles. The quantitative estimate of drug-likeness (QED) is 0.257. The molecule has 0 atom stereocenters. The smallest absolute Gasteiger partial charge is 1.00 e. The molecular weight excluding hydrogens is 458 g/mol. The van der Waals surface area contributed by atoms with E-state index < -0.39 is 8.07 Å². The third-order valence-electron chi connectivity index (χ3n) is 5.12. The van der Waals surface area contributed by atoms with Crippen LogP contribution in [0.4, 0.5) is 0 Å². The first-order chi connectivity index (χ1) is 11.2. The third kappa shape index (κ3) is 4.08. The standard InChI is InChI=1S/C21H20OSi.2ClH.Zr/c1-23(11-10-22,20-12-16-6-2-3-7-17(16)13-20)21-14-18-8-4-5-9-19(18)15-21;;;/h2-9,12-15,22H,10-11H2,1H3;2*1H;/q-2;;;+4/p-2. The van der Waals surface area contributed by atoms with Crippen molar-refractivity contribution >= 4 is 40.0 Å². The maximum Gasteiger partial charge on any atom is 4.00 e. The monoisotopic (exact) mass is 476 g/mol. The summed E-state index contributed by atoms with van der Waals surface area (Å²) in [5.41, 5.74) is 0. The van der Waals surface area contributed by atoms with Gasteiger partial charge >= 0.3 is 26.2 Å². The molecule has 0 aliphatic carbocycles. The number of hydrogen-bond acceptors (Lipinski definition) is 1. The van der Waals surface area contributed by atoms with E-state index in [4.69, 9.17) is 0 Å². The Labute approximate surface area is 187 Å². The fraction of sp³-hybridized carbons (Fsp3) is 0.143. The molecule has 0 aromatic heterocycles. The van der Waals surface area contributed by atoms with Gasteiger partial charge in [-0.25, -0.2) is 0 Å². The molecule has 132 valence electrons. The van der Waals surface area contributed by atoms with Gasteiger partial charge in [-0.15, -0.1) is 69.7 Å². The van der Waals surface area contributed by atoms with E-state index in [1.54, 1.807) is 0 Å². The Morgan fingerprint density at radius 3 is 1.62 bits per heavy atom. The van der Waals surface area contributed by atoms with E-state index >= 15 is 0 Å². The predicted octanol–water partition coefficient (Wildman–Crippen LogP) is -2.38. The SMILES string of the molecule is C[Si](CCO)(c1cc2ccccc2[cH-]1)c1cc2ccccc2[cH-]1.[Cl-].[Cl-].[Zr+4]. The van der Waals surface area contributed by atoms with Crippen LogP contribution in [0.15, 0.2) is 72.8 Å². The minimum Gasteiger partial charge on any atom is -1.00 e. The van der Waals surface area contributed by atoms with Crippen LogP contribution in [0.2, 0.25) is 12.6 Å². The zero-order chi connectivity index (χ0) is 15.9. The number of aliphatic hydroxyl groups is 1. The molecule has 1 N–H and O–H groups in total. The van der Waals surface area contributed by atoms with Crippen LogP contribution in [-0.4, -0.2) is 19.8 Å². The minimum atomic E-state index is -1.92. The zero-order valence-corrected chi connectivity index (χ0v) is 19.5. The van der Waals surface area contributed by atoms with Gasteiger partial charge in [0.25, 0.3) is 0 Å². The fourth-order valence-electron chi connectivity index (χ4n) is 3.62. The number of hydrogen-bond donors (Lipinski definition) is 1. The fourth-order valence-corrected chi connectivity index (χ4v) is 6.87. The molecule has 5 heteroatoms. The molecular formula is C21H20Cl2OSiZr. The van der Waals surface area contributed by atoms with Gasteiger partial charge in [0, 0.05) is 6.61 Å². The Morgan fingerprint density at radius 2 is 1.23 bits per heavy atom. The summed E-state index contributed by atoms with van der Waals surface area (Å²) in [6.45, 7) is 2.62. The van der Waals surface area contributed by atoms with Crippen molar-refractivity contribution in [2.45, 2.75) is 12.6 Å². The molecule has 0 saturated heterocycles. The summed E-state index contributed by atoms with van der Waals surface area (Å²) in [7, 11) is -1.92. The molecule has 0 amide bonds. The molecule has 0 radical (unpaired) electrons. The molecule has 0 fully saturated rings. The van der Waals surface area contributed by atoms with Crippen molar-refractivity contribution in [3.05, 3.63) is 72.8 Å². The van der Waals surface area contributed by atoms with Crippen LogP contribution in [-0.2, 0) is 26.2 Å². The van der Waals surface area contributed by atoms with Gasteiger partial charge in [0.1, 0.15) is 0 Å². The minimum absolute atomic E-state index is 0. The van der Waals surface area contributed by atoms with Gasteiger partial charge in [-0.2, -0.15) is 22.9 Å². The van der Waals surface area contributed by atoms with Gasteiger partial charge < -0.3 is 29.9 Å². The molecule has 0 bridgehead atoms.